The number of anilines is 2. The van der Waals surface area contributed by atoms with Crippen LogP contribution in [0.15, 0.2) is 42.5 Å². The minimum Gasteiger partial charge on any atom is -0.452 e. The molecule has 8 nitrogen and oxygen atoms in total. The van der Waals surface area contributed by atoms with E-state index in [0.717, 1.165) is 29.5 Å². The fourth-order valence-corrected chi connectivity index (χ4v) is 3.78. The Balaban J connectivity index is 1.65. The second kappa shape index (κ2) is 9.88. The second-order valence-electron chi connectivity index (χ2n) is 7.29. The first-order chi connectivity index (χ1) is 14.3. The standard InChI is InChI=1S/C21H22IN3O5/c1-14-3-2-10-24(12-14)18-9-4-15(11-19(18)25(28)29)21(27)30-13-20(26)23-17-7-5-16(22)6-8-17/h4-9,11,14H,2-3,10,12-13H2,1H3,(H,23,26)/t14-/m0/s1. The van der Waals surface area contributed by atoms with Gasteiger partial charge >= 0.3 is 5.97 Å². The van der Waals surface area contributed by atoms with Gasteiger partial charge in [-0.3, -0.25) is 14.9 Å². The van der Waals surface area contributed by atoms with Crippen molar-refractivity contribution < 1.29 is 19.2 Å². The van der Waals surface area contributed by atoms with Crippen LogP contribution in [0.5, 0.6) is 0 Å². The number of carbonyl (C=O) groups is 2. The van der Waals surface area contributed by atoms with E-state index in [1.807, 2.05) is 17.0 Å². The van der Waals surface area contributed by atoms with E-state index in [1.54, 1.807) is 18.2 Å². The number of hydrogen-bond donors (Lipinski definition) is 1. The summed E-state index contributed by atoms with van der Waals surface area (Å²) >= 11 is 2.15. The Morgan fingerprint density at radius 2 is 2.00 bits per heavy atom. The second-order valence-corrected chi connectivity index (χ2v) is 8.53. The summed E-state index contributed by atoms with van der Waals surface area (Å²) in [6.45, 7) is 3.12. The number of hydrogen-bond acceptors (Lipinski definition) is 6. The lowest BCUT2D eigenvalue weighted by atomic mass is 9.99. The molecular formula is C21H22IN3O5. The zero-order valence-corrected chi connectivity index (χ0v) is 18.6. The van der Waals surface area contributed by atoms with Gasteiger partial charge < -0.3 is 15.0 Å². The van der Waals surface area contributed by atoms with Crippen molar-refractivity contribution in [1.82, 2.24) is 0 Å². The van der Waals surface area contributed by atoms with Gasteiger partial charge in [-0.1, -0.05) is 6.92 Å². The van der Waals surface area contributed by atoms with Gasteiger partial charge in [0.2, 0.25) is 0 Å². The van der Waals surface area contributed by atoms with Gasteiger partial charge in [0.05, 0.1) is 10.5 Å². The van der Waals surface area contributed by atoms with Crippen molar-refractivity contribution in [2.75, 3.05) is 29.9 Å². The molecule has 1 heterocycles. The van der Waals surface area contributed by atoms with E-state index in [4.69, 9.17) is 4.74 Å². The molecule has 1 N–H and O–H groups in total. The fraction of sp³-hybridized carbons (Fsp3) is 0.333. The molecule has 1 amide bonds. The number of nitro benzene ring substituents is 1. The van der Waals surface area contributed by atoms with Crippen LogP contribution in [0, 0.1) is 19.6 Å². The van der Waals surface area contributed by atoms with Crippen molar-refractivity contribution in [3.05, 3.63) is 61.7 Å². The fourth-order valence-electron chi connectivity index (χ4n) is 3.42. The minimum absolute atomic E-state index is 0.0394. The Hall–Kier alpha value is -2.69. The number of nitrogens with zero attached hydrogens (tertiary/aromatic N) is 2. The topological polar surface area (TPSA) is 102 Å². The van der Waals surface area contributed by atoms with Gasteiger partial charge in [0, 0.05) is 28.4 Å². The van der Waals surface area contributed by atoms with E-state index >= 15 is 0 Å². The predicted octanol–water partition coefficient (Wildman–Crippen LogP) is 4.23. The lowest BCUT2D eigenvalue weighted by Crippen LogP contribution is -2.34. The quantitative estimate of drug-likeness (QED) is 0.263. The molecule has 0 unspecified atom stereocenters. The number of piperidine rings is 1. The smallest absolute Gasteiger partial charge is 0.338 e. The number of carbonyl (C=O) groups excluding carboxylic acids is 2. The molecule has 0 saturated carbocycles. The normalized spacial score (nSPS) is 16.1. The molecule has 2 aromatic carbocycles. The number of nitro groups is 1. The van der Waals surface area contributed by atoms with Gasteiger partial charge in [-0.15, -0.1) is 0 Å². The number of nitrogens with one attached hydrogen (secondary N) is 1. The Morgan fingerprint density at radius 1 is 1.27 bits per heavy atom. The van der Waals surface area contributed by atoms with Crippen LogP contribution in [0.3, 0.4) is 0 Å². The maximum Gasteiger partial charge on any atom is 0.338 e. The molecule has 9 heteroatoms. The molecule has 0 bridgehead atoms. The van der Waals surface area contributed by atoms with E-state index in [9.17, 15) is 19.7 Å². The summed E-state index contributed by atoms with van der Waals surface area (Å²) < 4.78 is 6.06. The first-order valence-electron chi connectivity index (χ1n) is 9.59. The van der Waals surface area contributed by atoms with Crippen LogP contribution in [0.1, 0.15) is 30.1 Å². The van der Waals surface area contributed by atoms with Gasteiger partial charge in [0.1, 0.15) is 5.69 Å². The van der Waals surface area contributed by atoms with Crippen molar-refractivity contribution in [3.8, 4) is 0 Å². The highest BCUT2D eigenvalue weighted by molar-refractivity contribution is 14.1. The Morgan fingerprint density at radius 3 is 2.67 bits per heavy atom. The molecular weight excluding hydrogens is 501 g/mol. The minimum atomic E-state index is -0.783. The van der Waals surface area contributed by atoms with Crippen LogP contribution in [0.4, 0.5) is 17.1 Å². The van der Waals surface area contributed by atoms with E-state index in [1.165, 1.54) is 12.1 Å². The van der Waals surface area contributed by atoms with Crippen molar-refractivity contribution in [1.29, 1.82) is 0 Å². The predicted molar refractivity (Wildman–Crippen MR) is 122 cm³/mol. The molecule has 2 aromatic rings. The van der Waals surface area contributed by atoms with Crippen LogP contribution >= 0.6 is 22.6 Å². The largest absolute Gasteiger partial charge is 0.452 e. The van der Waals surface area contributed by atoms with Gasteiger partial charge in [-0.25, -0.2) is 4.79 Å². The highest BCUT2D eigenvalue weighted by atomic mass is 127. The van der Waals surface area contributed by atoms with Crippen LogP contribution in [-0.2, 0) is 9.53 Å². The summed E-state index contributed by atoms with van der Waals surface area (Å²) in [5.74, 6) is -0.818. The van der Waals surface area contributed by atoms with Crippen LogP contribution in [0.25, 0.3) is 0 Å². The summed E-state index contributed by atoms with van der Waals surface area (Å²) in [5, 5.41) is 14.2. The zero-order chi connectivity index (χ0) is 21.7. The van der Waals surface area contributed by atoms with Crippen molar-refractivity contribution in [3.63, 3.8) is 0 Å². The van der Waals surface area contributed by atoms with E-state index in [0.29, 0.717) is 17.3 Å². The number of rotatable bonds is 6. The summed E-state index contributed by atoms with van der Waals surface area (Å²) in [6.07, 6.45) is 2.07. The summed E-state index contributed by atoms with van der Waals surface area (Å²) in [5.41, 5.74) is 0.992. The number of ether oxygens (including phenoxy) is 1. The first kappa shape index (κ1) is 22.0. The molecule has 0 aromatic heterocycles. The molecule has 158 valence electrons. The number of amides is 1. The molecule has 1 atom stereocenters. The molecule has 3 rings (SSSR count). The molecule has 1 aliphatic rings. The monoisotopic (exact) mass is 523 g/mol. The maximum absolute atomic E-state index is 12.3. The van der Waals surface area contributed by atoms with Crippen molar-refractivity contribution >= 4 is 51.5 Å². The van der Waals surface area contributed by atoms with Crippen molar-refractivity contribution in [2.24, 2.45) is 5.92 Å². The third kappa shape index (κ3) is 5.68. The van der Waals surface area contributed by atoms with Crippen LogP contribution < -0.4 is 10.2 Å². The van der Waals surface area contributed by atoms with E-state index in [2.05, 4.69) is 34.8 Å². The molecule has 1 aliphatic heterocycles. The molecule has 0 aliphatic carbocycles. The summed E-state index contributed by atoms with van der Waals surface area (Å²) in [6, 6.07) is 11.5. The van der Waals surface area contributed by atoms with Gasteiger partial charge in [0.25, 0.3) is 11.6 Å². The Labute approximate surface area is 187 Å². The van der Waals surface area contributed by atoms with E-state index in [-0.39, 0.29) is 11.3 Å². The van der Waals surface area contributed by atoms with Gasteiger partial charge in [-0.2, -0.15) is 0 Å². The molecule has 30 heavy (non-hydrogen) atoms. The highest BCUT2D eigenvalue weighted by Crippen LogP contribution is 2.32. The molecule has 0 radical (unpaired) electrons. The highest BCUT2D eigenvalue weighted by Gasteiger charge is 2.25. The number of esters is 1. The van der Waals surface area contributed by atoms with Gasteiger partial charge in [0.15, 0.2) is 6.61 Å². The Kier molecular flexibility index (Phi) is 7.24. The Bertz CT molecular complexity index is 948. The van der Waals surface area contributed by atoms with Crippen LogP contribution in [0.2, 0.25) is 0 Å². The third-order valence-corrected chi connectivity index (χ3v) is 5.59. The molecule has 1 fully saturated rings. The number of halogens is 1. The first-order valence-corrected chi connectivity index (χ1v) is 10.7. The lowest BCUT2D eigenvalue weighted by molar-refractivity contribution is -0.384. The summed E-state index contributed by atoms with van der Waals surface area (Å²) in [4.78, 5) is 37.4. The molecule has 0 spiro atoms. The average Bonchev–Trinajstić information content (AvgIpc) is 2.73. The van der Waals surface area contributed by atoms with Gasteiger partial charge in [-0.05, 0) is 77.7 Å². The average molecular weight is 523 g/mol. The SMILES string of the molecule is C[C@H]1CCCN(c2ccc(C(=O)OCC(=O)Nc3ccc(I)cc3)cc2[N+](=O)[O-])C1. The maximum atomic E-state index is 12.3. The zero-order valence-electron chi connectivity index (χ0n) is 16.5. The summed E-state index contributed by atoms with van der Waals surface area (Å²) in [7, 11) is 0. The number of benzene rings is 2. The van der Waals surface area contributed by atoms with Crippen molar-refractivity contribution in [2.45, 2.75) is 19.8 Å². The molecule has 1 saturated heterocycles. The lowest BCUT2D eigenvalue weighted by Gasteiger charge is -2.32. The van der Waals surface area contributed by atoms with E-state index < -0.39 is 23.4 Å². The van der Waals surface area contributed by atoms with Crippen LogP contribution in [-0.4, -0.2) is 36.5 Å². The third-order valence-electron chi connectivity index (χ3n) is 4.87.